The Bertz CT molecular complexity index is 929. The van der Waals surface area contributed by atoms with Crippen molar-refractivity contribution >= 4 is 11.6 Å². The highest BCUT2D eigenvalue weighted by molar-refractivity contribution is 5.94. The lowest BCUT2D eigenvalue weighted by Crippen LogP contribution is -2.23. The van der Waals surface area contributed by atoms with Gasteiger partial charge in [-0.3, -0.25) is 4.79 Å². The Morgan fingerprint density at radius 1 is 1.11 bits per heavy atom. The van der Waals surface area contributed by atoms with Crippen LogP contribution in [0.1, 0.15) is 29.1 Å². The second kappa shape index (κ2) is 8.12. The SMILES string of the molecule is COc1ccc(-c2noc(CNC(=O)c3ccc(N4CCCC4)cc3)n2)cc1. The molecular weight excluding hydrogens is 356 g/mol. The first-order chi connectivity index (χ1) is 13.7. The van der Waals surface area contributed by atoms with Gasteiger partial charge in [-0.25, -0.2) is 0 Å². The quantitative estimate of drug-likeness (QED) is 0.709. The lowest BCUT2D eigenvalue weighted by Gasteiger charge is -2.17. The molecule has 0 unspecified atom stereocenters. The molecular formula is C21H22N4O3. The van der Waals surface area contributed by atoms with E-state index in [1.807, 2.05) is 48.5 Å². The number of ether oxygens (including phenoxy) is 1. The van der Waals surface area contributed by atoms with Gasteiger partial charge in [-0.2, -0.15) is 4.98 Å². The minimum Gasteiger partial charge on any atom is -0.497 e. The molecule has 1 fully saturated rings. The van der Waals surface area contributed by atoms with Crippen molar-refractivity contribution in [3.8, 4) is 17.1 Å². The summed E-state index contributed by atoms with van der Waals surface area (Å²) in [5, 5.41) is 6.78. The van der Waals surface area contributed by atoms with Gasteiger partial charge in [-0.1, -0.05) is 5.16 Å². The Hall–Kier alpha value is -3.35. The summed E-state index contributed by atoms with van der Waals surface area (Å²) in [6, 6.07) is 15.1. The van der Waals surface area contributed by atoms with E-state index in [0.717, 1.165) is 30.1 Å². The average Bonchev–Trinajstić information content (AvgIpc) is 3.44. The van der Waals surface area contributed by atoms with E-state index in [4.69, 9.17) is 9.26 Å². The number of benzene rings is 2. The predicted octanol–water partition coefficient (Wildman–Crippen LogP) is 3.28. The zero-order chi connectivity index (χ0) is 19.3. The molecule has 28 heavy (non-hydrogen) atoms. The van der Waals surface area contributed by atoms with Crippen LogP contribution in [0, 0.1) is 0 Å². The van der Waals surface area contributed by atoms with Crippen molar-refractivity contribution in [2.45, 2.75) is 19.4 Å². The van der Waals surface area contributed by atoms with Gasteiger partial charge in [0.25, 0.3) is 5.91 Å². The average molecular weight is 378 g/mol. The van der Waals surface area contributed by atoms with Gasteiger partial charge < -0.3 is 19.5 Å². The fourth-order valence-corrected chi connectivity index (χ4v) is 3.24. The number of aromatic nitrogens is 2. The lowest BCUT2D eigenvalue weighted by atomic mass is 10.2. The Morgan fingerprint density at radius 3 is 2.50 bits per heavy atom. The molecule has 0 bridgehead atoms. The Morgan fingerprint density at radius 2 is 1.82 bits per heavy atom. The summed E-state index contributed by atoms with van der Waals surface area (Å²) in [5.74, 6) is 1.42. The second-order valence-corrected chi connectivity index (χ2v) is 6.66. The van der Waals surface area contributed by atoms with Crippen LogP contribution in [0.4, 0.5) is 5.69 Å². The van der Waals surface area contributed by atoms with E-state index in [-0.39, 0.29) is 12.5 Å². The summed E-state index contributed by atoms with van der Waals surface area (Å²) in [7, 11) is 1.62. The van der Waals surface area contributed by atoms with Crippen molar-refractivity contribution in [1.29, 1.82) is 0 Å². The van der Waals surface area contributed by atoms with Gasteiger partial charge in [0, 0.05) is 29.9 Å². The molecule has 2 heterocycles. The fraction of sp³-hybridized carbons (Fsp3) is 0.286. The number of nitrogens with one attached hydrogen (secondary N) is 1. The molecule has 2 aromatic carbocycles. The molecule has 1 aliphatic heterocycles. The second-order valence-electron chi connectivity index (χ2n) is 6.66. The van der Waals surface area contributed by atoms with Gasteiger partial charge in [0.05, 0.1) is 13.7 Å². The molecule has 0 atom stereocenters. The lowest BCUT2D eigenvalue weighted by molar-refractivity contribution is 0.0946. The molecule has 7 heteroatoms. The van der Waals surface area contributed by atoms with E-state index in [1.165, 1.54) is 12.8 Å². The highest BCUT2D eigenvalue weighted by Gasteiger charge is 2.14. The maximum Gasteiger partial charge on any atom is 0.251 e. The zero-order valence-electron chi connectivity index (χ0n) is 15.7. The number of rotatable bonds is 6. The Kier molecular flexibility index (Phi) is 5.23. The molecule has 1 saturated heterocycles. The minimum atomic E-state index is -0.169. The van der Waals surface area contributed by atoms with Crippen molar-refractivity contribution in [1.82, 2.24) is 15.5 Å². The van der Waals surface area contributed by atoms with Crippen LogP contribution >= 0.6 is 0 Å². The van der Waals surface area contributed by atoms with Crippen molar-refractivity contribution < 1.29 is 14.1 Å². The van der Waals surface area contributed by atoms with Crippen LogP contribution in [0.3, 0.4) is 0 Å². The van der Waals surface area contributed by atoms with Gasteiger partial charge in [0.15, 0.2) is 0 Å². The maximum absolute atomic E-state index is 12.4. The third-order valence-corrected chi connectivity index (χ3v) is 4.82. The smallest absolute Gasteiger partial charge is 0.251 e. The third-order valence-electron chi connectivity index (χ3n) is 4.82. The van der Waals surface area contributed by atoms with Crippen LogP contribution in [0.2, 0.25) is 0 Å². The number of hydrogen-bond acceptors (Lipinski definition) is 6. The number of hydrogen-bond donors (Lipinski definition) is 1. The topological polar surface area (TPSA) is 80.5 Å². The number of nitrogens with zero attached hydrogens (tertiary/aromatic N) is 3. The molecule has 7 nitrogen and oxygen atoms in total. The van der Waals surface area contributed by atoms with Gasteiger partial charge >= 0.3 is 0 Å². The number of anilines is 1. The summed E-state index contributed by atoms with van der Waals surface area (Å²) in [6.45, 7) is 2.34. The van der Waals surface area contributed by atoms with Crippen LogP contribution in [-0.4, -0.2) is 36.2 Å². The molecule has 1 N–H and O–H groups in total. The minimum absolute atomic E-state index is 0.169. The third kappa shape index (κ3) is 3.98. The number of carbonyl (C=O) groups excluding carboxylic acids is 1. The standard InChI is InChI=1S/C21H22N4O3/c1-27-18-10-6-15(7-11-18)20-23-19(28-24-20)14-22-21(26)16-4-8-17(9-5-16)25-12-2-3-13-25/h4-11H,2-3,12-14H2,1H3,(H,22,26). The van der Waals surface area contributed by atoms with Gasteiger partial charge in [-0.05, 0) is 61.4 Å². The predicted molar refractivity (Wildman–Crippen MR) is 105 cm³/mol. The van der Waals surface area contributed by atoms with E-state index < -0.39 is 0 Å². The summed E-state index contributed by atoms with van der Waals surface area (Å²) >= 11 is 0. The summed E-state index contributed by atoms with van der Waals surface area (Å²) < 4.78 is 10.4. The first-order valence-electron chi connectivity index (χ1n) is 9.33. The highest BCUT2D eigenvalue weighted by Crippen LogP contribution is 2.21. The first-order valence-corrected chi connectivity index (χ1v) is 9.33. The highest BCUT2D eigenvalue weighted by atomic mass is 16.5. The van der Waals surface area contributed by atoms with Crippen LogP contribution in [0.25, 0.3) is 11.4 Å². The molecule has 3 aromatic rings. The molecule has 4 rings (SSSR count). The van der Waals surface area contributed by atoms with Crippen LogP contribution in [-0.2, 0) is 6.54 Å². The van der Waals surface area contributed by atoms with Crippen molar-refractivity contribution in [2.24, 2.45) is 0 Å². The molecule has 1 aliphatic rings. The van der Waals surface area contributed by atoms with E-state index in [0.29, 0.717) is 17.3 Å². The van der Waals surface area contributed by atoms with Gasteiger partial charge in [0.2, 0.25) is 11.7 Å². The number of methoxy groups -OCH3 is 1. The van der Waals surface area contributed by atoms with E-state index in [2.05, 4.69) is 20.4 Å². The normalized spacial score (nSPS) is 13.5. The summed E-state index contributed by atoms with van der Waals surface area (Å²) in [5.41, 5.74) is 2.59. The van der Waals surface area contributed by atoms with E-state index in [9.17, 15) is 4.79 Å². The number of carbonyl (C=O) groups is 1. The summed E-state index contributed by atoms with van der Waals surface area (Å²) in [4.78, 5) is 19.0. The summed E-state index contributed by atoms with van der Waals surface area (Å²) in [6.07, 6.45) is 2.45. The molecule has 1 amide bonds. The Labute approximate surface area is 163 Å². The number of amides is 1. The maximum atomic E-state index is 12.4. The van der Waals surface area contributed by atoms with Gasteiger partial charge in [0.1, 0.15) is 5.75 Å². The van der Waals surface area contributed by atoms with Crippen LogP contribution in [0.15, 0.2) is 53.1 Å². The molecule has 0 spiro atoms. The molecule has 0 radical (unpaired) electrons. The van der Waals surface area contributed by atoms with Crippen molar-refractivity contribution in [2.75, 3.05) is 25.1 Å². The Balaban J connectivity index is 1.35. The van der Waals surface area contributed by atoms with E-state index >= 15 is 0 Å². The van der Waals surface area contributed by atoms with Crippen LogP contribution in [0.5, 0.6) is 5.75 Å². The molecule has 0 aliphatic carbocycles. The monoisotopic (exact) mass is 378 g/mol. The molecule has 144 valence electrons. The molecule has 0 saturated carbocycles. The molecule has 1 aromatic heterocycles. The fourth-order valence-electron chi connectivity index (χ4n) is 3.24. The zero-order valence-corrected chi connectivity index (χ0v) is 15.7. The van der Waals surface area contributed by atoms with Crippen LogP contribution < -0.4 is 15.0 Å². The van der Waals surface area contributed by atoms with Gasteiger partial charge in [-0.15, -0.1) is 0 Å². The van der Waals surface area contributed by atoms with E-state index in [1.54, 1.807) is 7.11 Å². The largest absolute Gasteiger partial charge is 0.497 e. The first kappa shape index (κ1) is 18.0. The van der Waals surface area contributed by atoms with Crippen molar-refractivity contribution in [3.05, 3.63) is 60.0 Å². The van der Waals surface area contributed by atoms with Crippen molar-refractivity contribution in [3.63, 3.8) is 0 Å².